The summed E-state index contributed by atoms with van der Waals surface area (Å²) in [5.74, 6) is 0.552. The molecule has 5 rings (SSSR count). The van der Waals surface area contributed by atoms with Crippen LogP contribution in [-0.4, -0.2) is 28.2 Å². The molecule has 12 heteroatoms. The fourth-order valence-electron chi connectivity index (χ4n) is 3.35. The number of nitrogens with zero attached hydrogens (tertiary/aromatic N) is 5. The molecule has 174 valence electrons. The molecule has 0 saturated heterocycles. The lowest BCUT2D eigenvalue weighted by molar-refractivity contribution is 0.479. The van der Waals surface area contributed by atoms with E-state index in [1.807, 2.05) is 18.2 Å². The van der Waals surface area contributed by atoms with Gasteiger partial charge in [0, 0.05) is 35.9 Å². The minimum Gasteiger partial charge on any atom is -0.472 e. The standard InChI is InChI=1S/C23H16N6O4S2/c1-29-20(4-6-27-29)18-11-19(15-5-8-32-14-15)26-13-22(18)33-21-3-2-17(10-16(21)12-24)35(30,31)28-23-25-7-9-34-23/h2-11,13-14H,1H3,(H,25,28). The Kier molecular flexibility index (Phi) is 5.77. The van der Waals surface area contributed by atoms with Gasteiger partial charge in [0.25, 0.3) is 10.0 Å². The first-order valence-corrected chi connectivity index (χ1v) is 12.5. The zero-order valence-corrected chi connectivity index (χ0v) is 19.7. The summed E-state index contributed by atoms with van der Waals surface area (Å²) >= 11 is 1.15. The van der Waals surface area contributed by atoms with Crippen molar-refractivity contribution in [3.05, 3.63) is 78.5 Å². The predicted molar refractivity (Wildman–Crippen MR) is 128 cm³/mol. The summed E-state index contributed by atoms with van der Waals surface area (Å²) in [6, 6.07) is 11.5. The third-order valence-corrected chi connectivity index (χ3v) is 7.19. The van der Waals surface area contributed by atoms with Crippen molar-refractivity contribution in [3.63, 3.8) is 0 Å². The van der Waals surface area contributed by atoms with Gasteiger partial charge in [0.15, 0.2) is 10.9 Å². The van der Waals surface area contributed by atoms with Crippen molar-refractivity contribution >= 4 is 26.5 Å². The van der Waals surface area contributed by atoms with Crippen molar-refractivity contribution in [2.24, 2.45) is 7.05 Å². The fourth-order valence-corrected chi connectivity index (χ4v) is 5.16. The van der Waals surface area contributed by atoms with Crippen LogP contribution in [0.4, 0.5) is 5.13 Å². The highest BCUT2D eigenvalue weighted by Gasteiger charge is 2.20. The van der Waals surface area contributed by atoms with Crippen LogP contribution in [0.5, 0.6) is 11.5 Å². The minimum absolute atomic E-state index is 0.0434. The molecule has 0 radical (unpaired) electrons. The molecule has 10 nitrogen and oxygen atoms in total. The van der Waals surface area contributed by atoms with Crippen molar-refractivity contribution in [2.45, 2.75) is 4.90 Å². The largest absolute Gasteiger partial charge is 0.472 e. The lowest BCUT2D eigenvalue weighted by atomic mass is 10.1. The van der Waals surface area contributed by atoms with Crippen LogP contribution >= 0.6 is 11.3 Å². The normalized spacial score (nSPS) is 11.2. The number of hydrogen-bond donors (Lipinski definition) is 1. The van der Waals surface area contributed by atoms with Crippen LogP contribution in [0.15, 0.2) is 82.2 Å². The van der Waals surface area contributed by atoms with Gasteiger partial charge in [0.1, 0.15) is 11.8 Å². The van der Waals surface area contributed by atoms with Crippen molar-refractivity contribution in [1.82, 2.24) is 19.7 Å². The second kappa shape index (κ2) is 9.05. The number of aromatic nitrogens is 4. The van der Waals surface area contributed by atoms with E-state index in [1.165, 1.54) is 24.4 Å². The number of hydrogen-bond acceptors (Lipinski definition) is 9. The summed E-state index contributed by atoms with van der Waals surface area (Å²) in [4.78, 5) is 8.30. The highest BCUT2D eigenvalue weighted by Crippen LogP contribution is 2.37. The summed E-state index contributed by atoms with van der Waals surface area (Å²) < 4.78 is 40.8. The molecular weight excluding hydrogens is 488 g/mol. The van der Waals surface area contributed by atoms with Gasteiger partial charge in [0.2, 0.25) is 0 Å². The van der Waals surface area contributed by atoms with E-state index < -0.39 is 10.0 Å². The van der Waals surface area contributed by atoms with Gasteiger partial charge >= 0.3 is 0 Å². The maximum Gasteiger partial charge on any atom is 0.263 e. The Morgan fingerprint density at radius 1 is 1.14 bits per heavy atom. The molecule has 4 aromatic heterocycles. The maximum atomic E-state index is 12.7. The number of rotatable bonds is 7. The summed E-state index contributed by atoms with van der Waals surface area (Å²) in [7, 11) is -2.13. The van der Waals surface area contributed by atoms with Crippen molar-refractivity contribution < 1.29 is 17.6 Å². The van der Waals surface area contributed by atoms with Crippen LogP contribution in [0, 0.1) is 11.3 Å². The highest BCUT2D eigenvalue weighted by atomic mass is 32.2. The Bertz CT molecular complexity index is 1640. The minimum atomic E-state index is -3.93. The molecule has 35 heavy (non-hydrogen) atoms. The van der Waals surface area contributed by atoms with Crippen LogP contribution < -0.4 is 9.46 Å². The summed E-state index contributed by atoms with van der Waals surface area (Å²) in [6.45, 7) is 0. The van der Waals surface area contributed by atoms with E-state index >= 15 is 0 Å². The van der Waals surface area contributed by atoms with Gasteiger partial charge in [-0.25, -0.2) is 13.4 Å². The number of sulfonamides is 1. The van der Waals surface area contributed by atoms with Gasteiger partial charge in [-0.15, -0.1) is 11.3 Å². The lowest BCUT2D eigenvalue weighted by Crippen LogP contribution is -2.13. The average molecular weight is 505 g/mol. The summed E-state index contributed by atoms with van der Waals surface area (Å²) in [5.41, 5.74) is 2.94. The first kappa shape index (κ1) is 22.3. The van der Waals surface area contributed by atoms with Gasteiger partial charge in [-0.3, -0.25) is 14.4 Å². The number of thiazole rings is 1. The second-order valence-electron chi connectivity index (χ2n) is 7.23. The molecule has 0 aliphatic rings. The van der Waals surface area contributed by atoms with E-state index in [2.05, 4.69) is 19.8 Å². The number of aryl methyl sites for hydroxylation is 1. The van der Waals surface area contributed by atoms with Crippen molar-refractivity contribution in [1.29, 1.82) is 5.26 Å². The van der Waals surface area contributed by atoms with Gasteiger partial charge in [-0.05, 0) is 36.4 Å². The third-order valence-electron chi connectivity index (χ3n) is 5.04. The Balaban J connectivity index is 1.52. The molecule has 0 aliphatic carbocycles. The highest BCUT2D eigenvalue weighted by molar-refractivity contribution is 7.93. The molecule has 5 aromatic rings. The number of benzene rings is 1. The summed E-state index contributed by atoms with van der Waals surface area (Å²) in [5, 5.41) is 15.8. The quantitative estimate of drug-likeness (QED) is 0.338. The first-order valence-electron chi connectivity index (χ1n) is 10.1. The Morgan fingerprint density at radius 3 is 2.71 bits per heavy atom. The number of furan rings is 1. The van der Waals surface area contributed by atoms with E-state index in [1.54, 1.807) is 48.1 Å². The third kappa shape index (κ3) is 4.50. The average Bonchev–Trinajstić information content (AvgIpc) is 3.63. The number of nitriles is 1. The smallest absolute Gasteiger partial charge is 0.263 e. The topological polar surface area (TPSA) is 136 Å². The van der Waals surface area contributed by atoms with E-state index in [0.29, 0.717) is 17.0 Å². The molecule has 4 heterocycles. The van der Waals surface area contributed by atoms with Crippen molar-refractivity contribution in [2.75, 3.05) is 4.72 Å². The van der Waals surface area contributed by atoms with Crippen LogP contribution in [0.25, 0.3) is 22.5 Å². The molecule has 0 bridgehead atoms. The van der Waals surface area contributed by atoms with Gasteiger partial charge in [-0.2, -0.15) is 10.4 Å². The molecular formula is C23H16N6O4S2. The van der Waals surface area contributed by atoms with Crippen LogP contribution in [0.1, 0.15) is 5.56 Å². The van der Waals surface area contributed by atoms with Crippen LogP contribution in [-0.2, 0) is 17.1 Å². The molecule has 0 saturated carbocycles. The van der Waals surface area contributed by atoms with Crippen molar-refractivity contribution in [3.8, 4) is 40.1 Å². The van der Waals surface area contributed by atoms with Gasteiger partial charge < -0.3 is 9.15 Å². The number of ether oxygens (including phenoxy) is 1. The Labute approximate surface area is 204 Å². The Morgan fingerprint density at radius 2 is 2.03 bits per heavy atom. The molecule has 1 N–H and O–H groups in total. The molecule has 0 unspecified atom stereocenters. The maximum absolute atomic E-state index is 12.7. The second-order valence-corrected chi connectivity index (χ2v) is 9.81. The monoisotopic (exact) mass is 504 g/mol. The molecule has 0 aliphatic heterocycles. The summed E-state index contributed by atoms with van der Waals surface area (Å²) in [6.07, 6.45) is 7.84. The van der Waals surface area contributed by atoms with Gasteiger partial charge in [0.05, 0.1) is 40.6 Å². The molecule has 0 spiro atoms. The number of anilines is 1. The zero-order chi connectivity index (χ0) is 24.4. The number of pyridine rings is 1. The Hall–Kier alpha value is -4.47. The van der Waals surface area contributed by atoms with Crippen LogP contribution in [0.2, 0.25) is 0 Å². The number of nitrogens with one attached hydrogen (secondary N) is 1. The van der Waals surface area contributed by atoms with Gasteiger partial charge in [-0.1, -0.05) is 0 Å². The van der Waals surface area contributed by atoms with E-state index in [9.17, 15) is 13.7 Å². The fraction of sp³-hybridized carbons (Fsp3) is 0.0435. The SMILES string of the molecule is Cn1nccc1-c1cc(-c2ccoc2)ncc1Oc1ccc(S(=O)(=O)Nc2nccs2)cc1C#N. The molecule has 0 fully saturated rings. The molecule has 0 amide bonds. The molecule has 0 atom stereocenters. The van der Waals surface area contributed by atoms with E-state index in [4.69, 9.17) is 9.15 Å². The predicted octanol–water partition coefficient (Wildman–Crippen LogP) is 4.66. The van der Waals surface area contributed by atoms with E-state index in [-0.39, 0.29) is 21.3 Å². The first-order chi connectivity index (χ1) is 16.9. The van der Waals surface area contributed by atoms with E-state index in [0.717, 1.165) is 22.6 Å². The van der Waals surface area contributed by atoms with Crippen LogP contribution in [0.3, 0.4) is 0 Å². The lowest BCUT2D eigenvalue weighted by Gasteiger charge is -2.14. The molecule has 1 aromatic carbocycles. The zero-order valence-electron chi connectivity index (χ0n) is 18.1.